The monoisotopic (exact) mass is 423 g/mol. The number of nitrogens with two attached hydrogens (primary N) is 1. The number of carbonyl (C=O) groups is 2. The first-order chi connectivity index (χ1) is 13.4. The number of ether oxygens (including phenoxy) is 2. The summed E-state index contributed by atoms with van der Waals surface area (Å²) in [4.78, 5) is 30.0. The smallest absolute Gasteiger partial charge is 0.410 e. The maximum atomic E-state index is 13.9. The lowest BCUT2D eigenvalue weighted by Crippen LogP contribution is -2.56. The van der Waals surface area contributed by atoms with Crippen LogP contribution in [0.15, 0.2) is 5.16 Å². The number of likely N-dealkylation sites (tertiary alicyclic amines) is 1. The van der Waals surface area contributed by atoms with Crippen LogP contribution in [0.2, 0.25) is 0 Å². The van der Waals surface area contributed by atoms with Crippen molar-refractivity contribution in [3.8, 4) is 0 Å². The Balaban J connectivity index is 2.07. The van der Waals surface area contributed by atoms with E-state index in [0.717, 1.165) is 0 Å². The van der Waals surface area contributed by atoms with Gasteiger partial charge in [-0.2, -0.15) is 13.2 Å². The molecule has 0 aliphatic carbocycles. The number of oxime groups is 1. The van der Waals surface area contributed by atoms with E-state index in [2.05, 4.69) is 5.16 Å². The number of halogens is 3. The molecule has 1 atom stereocenters. The zero-order valence-electron chi connectivity index (χ0n) is 16.9. The van der Waals surface area contributed by atoms with Crippen molar-refractivity contribution in [3.05, 3.63) is 0 Å². The third-order valence-corrected chi connectivity index (χ3v) is 5.03. The molecule has 2 heterocycles. The molecule has 0 aromatic rings. The molecule has 1 unspecified atom stereocenters. The van der Waals surface area contributed by atoms with Gasteiger partial charge < -0.3 is 24.9 Å². The largest absolute Gasteiger partial charge is 0.444 e. The Morgan fingerprint density at radius 1 is 1.21 bits per heavy atom. The second-order valence-electron chi connectivity index (χ2n) is 8.35. The summed E-state index contributed by atoms with van der Waals surface area (Å²) in [7, 11) is 0. The fraction of sp³-hybridized carbons (Fsp3) is 0.833. The zero-order valence-corrected chi connectivity index (χ0v) is 16.9. The standard InChI is InChI=1S/C18H28F3N3O5/c1-16(2,3)28-15(26)24-8-6-17(7-9-24,18(19,20)21)14(22)23-29-13(25)12-5-4-10-27-11-12/h12H,4-11H2,1-3H3,(H2,22,23). The average Bonchev–Trinajstić information content (AvgIpc) is 2.64. The van der Waals surface area contributed by atoms with Crippen molar-refractivity contribution >= 4 is 17.9 Å². The topological polar surface area (TPSA) is 103 Å². The third kappa shape index (κ3) is 5.74. The minimum absolute atomic E-state index is 0.142. The fourth-order valence-electron chi connectivity index (χ4n) is 3.27. The lowest BCUT2D eigenvalue weighted by Gasteiger charge is -2.41. The maximum Gasteiger partial charge on any atom is 0.410 e. The van der Waals surface area contributed by atoms with Gasteiger partial charge in [-0.05, 0) is 46.5 Å². The summed E-state index contributed by atoms with van der Waals surface area (Å²) in [5.74, 6) is -2.16. The molecule has 166 valence electrons. The van der Waals surface area contributed by atoms with Gasteiger partial charge >= 0.3 is 18.2 Å². The number of amides is 1. The number of hydrogen-bond acceptors (Lipinski definition) is 6. The van der Waals surface area contributed by atoms with Crippen molar-refractivity contribution in [2.45, 2.75) is 58.2 Å². The van der Waals surface area contributed by atoms with Crippen molar-refractivity contribution in [3.63, 3.8) is 0 Å². The Kier molecular flexibility index (Phi) is 7.02. The Hall–Kier alpha value is -2.04. The van der Waals surface area contributed by atoms with Crippen LogP contribution in [0.5, 0.6) is 0 Å². The van der Waals surface area contributed by atoms with Crippen LogP contribution in [-0.2, 0) is 19.1 Å². The van der Waals surface area contributed by atoms with Crippen molar-refractivity contribution in [2.24, 2.45) is 22.2 Å². The van der Waals surface area contributed by atoms with E-state index in [1.807, 2.05) is 0 Å². The number of piperidine rings is 1. The quantitative estimate of drug-likeness (QED) is 0.324. The molecular weight excluding hydrogens is 395 g/mol. The lowest BCUT2D eigenvalue weighted by atomic mass is 9.76. The van der Waals surface area contributed by atoms with E-state index in [1.54, 1.807) is 20.8 Å². The van der Waals surface area contributed by atoms with Gasteiger partial charge in [-0.15, -0.1) is 0 Å². The van der Waals surface area contributed by atoms with Gasteiger partial charge in [0.2, 0.25) is 0 Å². The first-order valence-corrected chi connectivity index (χ1v) is 9.53. The third-order valence-electron chi connectivity index (χ3n) is 5.03. The van der Waals surface area contributed by atoms with Gasteiger partial charge in [0.25, 0.3) is 0 Å². The van der Waals surface area contributed by atoms with Crippen LogP contribution < -0.4 is 5.73 Å². The minimum Gasteiger partial charge on any atom is -0.444 e. The van der Waals surface area contributed by atoms with Crippen LogP contribution in [-0.4, -0.2) is 60.9 Å². The predicted molar refractivity (Wildman–Crippen MR) is 96.8 cm³/mol. The first kappa shape index (κ1) is 23.2. The highest BCUT2D eigenvalue weighted by atomic mass is 19.4. The Morgan fingerprint density at radius 3 is 2.31 bits per heavy atom. The van der Waals surface area contributed by atoms with E-state index in [9.17, 15) is 22.8 Å². The van der Waals surface area contributed by atoms with E-state index < -0.39 is 53.9 Å². The van der Waals surface area contributed by atoms with Crippen LogP contribution in [0.25, 0.3) is 0 Å². The maximum absolute atomic E-state index is 13.9. The Bertz CT molecular complexity index is 632. The van der Waals surface area contributed by atoms with Crippen molar-refractivity contribution < 1.29 is 37.1 Å². The van der Waals surface area contributed by atoms with Crippen molar-refractivity contribution in [1.82, 2.24) is 4.90 Å². The molecular formula is C18H28F3N3O5. The minimum atomic E-state index is -4.72. The van der Waals surface area contributed by atoms with Gasteiger partial charge in [-0.1, -0.05) is 5.16 Å². The lowest BCUT2D eigenvalue weighted by molar-refractivity contribution is -0.210. The highest BCUT2D eigenvalue weighted by Crippen LogP contribution is 2.46. The van der Waals surface area contributed by atoms with Crippen molar-refractivity contribution in [2.75, 3.05) is 26.3 Å². The van der Waals surface area contributed by atoms with Crippen LogP contribution in [0.1, 0.15) is 46.5 Å². The van der Waals surface area contributed by atoms with Crippen LogP contribution in [0.4, 0.5) is 18.0 Å². The average molecular weight is 423 g/mol. The highest BCUT2D eigenvalue weighted by Gasteiger charge is 2.59. The number of carbonyl (C=O) groups excluding carboxylic acids is 2. The molecule has 2 saturated heterocycles. The molecule has 0 bridgehead atoms. The van der Waals surface area contributed by atoms with E-state index in [1.165, 1.54) is 4.90 Å². The van der Waals surface area contributed by atoms with Crippen LogP contribution in [0, 0.1) is 11.3 Å². The Morgan fingerprint density at radius 2 is 1.83 bits per heavy atom. The fourth-order valence-corrected chi connectivity index (χ4v) is 3.27. The molecule has 0 aromatic heterocycles. The summed E-state index contributed by atoms with van der Waals surface area (Å²) in [6.07, 6.45) is -5.24. The molecule has 0 spiro atoms. The predicted octanol–water partition coefficient (Wildman–Crippen LogP) is 2.81. The molecule has 2 rings (SSSR count). The second-order valence-corrected chi connectivity index (χ2v) is 8.35. The summed E-state index contributed by atoms with van der Waals surface area (Å²) in [5.41, 5.74) is 2.42. The van der Waals surface area contributed by atoms with Gasteiger partial charge in [0.15, 0.2) is 5.84 Å². The van der Waals surface area contributed by atoms with Gasteiger partial charge in [-0.25, -0.2) is 9.59 Å². The zero-order chi connectivity index (χ0) is 21.9. The number of rotatable bonds is 3. The summed E-state index contributed by atoms with van der Waals surface area (Å²) in [6.45, 7) is 5.26. The van der Waals surface area contributed by atoms with Gasteiger partial charge in [0.05, 0.1) is 12.5 Å². The summed E-state index contributed by atoms with van der Waals surface area (Å²) >= 11 is 0. The highest BCUT2D eigenvalue weighted by molar-refractivity contribution is 5.88. The molecule has 2 fully saturated rings. The number of hydrogen-bond donors (Lipinski definition) is 1. The summed E-state index contributed by atoms with van der Waals surface area (Å²) < 4.78 is 52.0. The van der Waals surface area contributed by atoms with E-state index >= 15 is 0 Å². The molecule has 29 heavy (non-hydrogen) atoms. The van der Waals surface area contributed by atoms with E-state index in [-0.39, 0.29) is 19.7 Å². The molecule has 8 nitrogen and oxygen atoms in total. The first-order valence-electron chi connectivity index (χ1n) is 9.53. The SMILES string of the molecule is CC(C)(C)OC(=O)N1CCC(/C(N)=N/OC(=O)C2CCCOC2)(C(F)(F)F)CC1. The molecule has 2 aliphatic rings. The number of amidine groups is 1. The number of nitrogens with zero attached hydrogens (tertiary/aromatic N) is 2. The Labute approximate surface area is 167 Å². The van der Waals surface area contributed by atoms with E-state index in [0.29, 0.717) is 19.4 Å². The van der Waals surface area contributed by atoms with Gasteiger partial charge in [-0.3, -0.25) is 0 Å². The normalized spacial score (nSPS) is 23.4. The molecule has 2 aliphatic heterocycles. The second kappa shape index (κ2) is 8.76. The molecule has 1 amide bonds. The molecule has 0 aromatic carbocycles. The van der Waals surface area contributed by atoms with Crippen LogP contribution in [0.3, 0.4) is 0 Å². The van der Waals surface area contributed by atoms with E-state index in [4.69, 9.17) is 20.0 Å². The molecule has 2 N–H and O–H groups in total. The summed E-state index contributed by atoms with van der Waals surface area (Å²) in [5, 5.41) is 3.33. The van der Waals surface area contributed by atoms with Gasteiger partial charge in [0, 0.05) is 19.7 Å². The molecule has 0 saturated carbocycles. The van der Waals surface area contributed by atoms with Crippen molar-refractivity contribution in [1.29, 1.82) is 0 Å². The molecule has 0 radical (unpaired) electrons. The van der Waals surface area contributed by atoms with Gasteiger partial charge in [0.1, 0.15) is 11.0 Å². The molecule has 11 heteroatoms. The summed E-state index contributed by atoms with van der Waals surface area (Å²) in [6, 6.07) is 0. The number of alkyl halides is 3. The van der Waals surface area contributed by atoms with Crippen LogP contribution >= 0.6 is 0 Å².